The van der Waals surface area contributed by atoms with Crippen LogP contribution in [0.1, 0.15) is 46.0 Å². The largest absolute Gasteiger partial charge is 0.462 e. The van der Waals surface area contributed by atoms with Crippen LogP contribution in [0, 0.1) is 0 Å². The maximum Gasteiger partial charge on any atom is 0.334 e. The molecule has 0 fully saturated rings. The topological polar surface area (TPSA) is 26.3 Å². The molecule has 3 heteroatoms. The summed E-state index contributed by atoms with van der Waals surface area (Å²) in [5, 5.41) is 0.578. The van der Waals surface area contributed by atoms with Gasteiger partial charge in [0.05, 0.1) is 6.61 Å². The lowest BCUT2D eigenvalue weighted by Gasteiger charge is -2.05. The molecular weight excluding hydrogens is 256 g/mol. The molecule has 2 nitrogen and oxygen atoms in total. The van der Waals surface area contributed by atoms with Crippen molar-refractivity contribution in [2.75, 3.05) is 11.9 Å². The molecule has 0 bridgehead atoms. The molecule has 0 aliphatic carbocycles. The number of esters is 1. The lowest BCUT2D eigenvalue weighted by Crippen LogP contribution is -2.10. The second-order valence-corrected chi connectivity index (χ2v) is 4.03. The lowest BCUT2D eigenvalue weighted by atomic mass is 10.2. The van der Waals surface area contributed by atoms with Crippen molar-refractivity contribution in [1.29, 1.82) is 0 Å². The number of rotatable bonds is 8. The van der Waals surface area contributed by atoms with Gasteiger partial charge in [-0.2, -0.15) is 0 Å². The zero-order valence-electron chi connectivity index (χ0n) is 9.72. The SMILES string of the molecule is CCC=C(CBr)C(=O)OCCCCCC. The second kappa shape index (κ2) is 10.2. The fourth-order valence-electron chi connectivity index (χ4n) is 1.23. The van der Waals surface area contributed by atoms with E-state index < -0.39 is 0 Å². The Hall–Kier alpha value is -0.310. The van der Waals surface area contributed by atoms with Gasteiger partial charge < -0.3 is 4.74 Å². The van der Waals surface area contributed by atoms with Crippen molar-refractivity contribution < 1.29 is 9.53 Å². The molecule has 0 saturated carbocycles. The number of hydrogen-bond acceptors (Lipinski definition) is 2. The highest BCUT2D eigenvalue weighted by atomic mass is 79.9. The predicted octanol–water partition coefficient (Wildman–Crippen LogP) is 3.84. The van der Waals surface area contributed by atoms with Gasteiger partial charge in [-0.25, -0.2) is 4.79 Å². The first-order chi connectivity index (χ1) is 7.26. The number of ether oxygens (including phenoxy) is 1. The highest BCUT2D eigenvalue weighted by molar-refractivity contribution is 9.09. The molecule has 15 heavy (non-hydrogen) atoms. The number of carbonyl (C=O) groups excluding carboxylic acids is 1. The normalized spacial score (nSPS) is 11.5. The number of halogens is 1. The van der Waals surface area contributed by atoms with Crippen LogP contribution in [0.15, 0.2) is 11.6 Å². The Kier molecular flexibility index (Phi) is 10.0. The molecule has 0 radical (unpaired) electrons. The van der Waals surface area contributed by atoms with Crippen LogP contribution in [0.25, 0.3) is 0 Å². The first-order valence-electron chi connectivity index (χ1n) is 5.68. The maximum absolute atomic E-state index is 11.5. The summed E-state index contributed by atoms with van der Waals surface area (Å²) in [4.78, 5) is 11.5. The third kappa shape index (κ3) is 7.60. The van der Waals surface area contributed by atoms with Crippen LogP contribution in [0.5, 0.6) is 0 Å². The van der Waals surface area contributed by atoms with E-state index in [1.165, 1.54) is 12.8 Å². The first kappa shape index (κ1) is 14.7. The molecule has 0 unspecified atom stereocenters. The van der Waals surface area contributed by atoms with E-state index in [4.69, 9.17) is 4.74 Å². The van der Waals surface area contributed by atoms with Crippen molar-refractivity contribution in [2.45, 2.75) is 46.0 Å². The Morgan fingerprint density at radius 1 is 1.27 bits per heavy atom. The summed E-state index contributed by atoms with van der Waals surface area (Å²) in [6, 6.07) is 0. The molecule has 0 amide bonds. The van der Waals surface area contributed by atoms with E-state index in [9.17, 15) is 4.79 Å². The van der Waals surface area contributed by atoms with Gasteiger partial charge in [0.2, 0.25) is 0 Å². The second-order valence-electron chi connectivity index (χ2n) is 3.47. The summed E-state index contributed by atoms with van der Waals surface area (Å²) >= 11 is 3.28. The zero-order valence-corrected chi connectivity index (χ0v) is 11.3. The third-order valence-electron chi connectivity index (χ3n) is 2.09. The van der Waals surface area contributed by atoms with Gasteiger partial charge in [-0.1, -0.05) is 55.1 Å². The van der Waals surface area contributed by atoms with Gasteiger partial charge in [0.1, 0.15) is 0 Å². The molecule has 0 spiro atoms. The average molecular weight is 277 g/mol. The summed E-state index contributed by atoms with van der Waals surface area (Å²) in [6.45, 7) is 4.73. The Morgan fingerprint density at radius 3 is 2.53 bits per heavy atom. The average Bonchev–Trinajstić information content (AvgIpc) is 2.25. The van der Waals surface area contributed by atoms with Crippen molar-refractivity contribution in [3.63, 3.8) is 0 Å². The summed E-state index contributed by atoms with van der Waals surface area (Å²) in [5.41, 5.74) is 0.730. The molecule has 0 aromatic carbocycles. The van der Waals surface area contributed by atoms with E-state index in [1.54, 1.807) is 0 Å². The van der Waals surface area contributed by atoms with E-state index in [-0.39, 0.29) is 5.97 Å². The minimum Gasteiger partial charge on any atom is -0.462 e. The van der Waals surface area contributed by atoms with E-state index in [0.717, 1.165) is 24.8 Å². The van der Waals surface area contributed by atoms with Crippen LogP contribution in [-0.2, 0) is 9.53 Å². The summed E-state index contributed by atoms with van der Waals surface area (Å²) in [6.07, 6.45) is 7.31. The van der Waals surface area contributed by atoms with Crippen molar-refractivity contribution >= 4 is 21.9 Å². The number of hydrogen-bond donors (Lipinski definition) is 0. The van der Waals surface area contributed by atoms with E-state index in [0.29, 0.717) is 11.9 Å². The number of allylic oxidation sites excluding steroid dienone is 1. The Labute approximate surface area is 101 Å². The van der Waals surface area contributed by atoms with Gasteiger partial charge in [-0.3, -0.25) is 0 Å². The fourth-order valence-corrected chi connectivity index (χ4v) is 1.68. The monoisotopic (exact) mass is 276 g/mol. The van der Waals surface area contributed by atoms with Crippen LogP contribution in [-0.4, -0.2) is 17.9 Å². The molecule has 0 rings (SSSR count). The Morgan fingerprint density at radius 2 is 2.00 bits per heavy atom. The molecule has 0 aliphatic heterocycles. The minimum atomic E-state index is -0.176. The van der Waals surface area contributed by atoms with Crippen molar-refractivity contribution in [2.24, 2.45) is 0 Å². The molecule has 0 aliphatic rings. The van der Waals surface area contributed by atoms with Crippen LogP contribution < -0.4 is 0 Å². The molecule has 88 valence electrons. The summed E-state index contributed by atoms with van der Waals surface area (Å²) < 4.78 is 5.16. The van der Waals surface area contributed by atoms with Gasteiger partial charge in [0, 0.05) is 10.9 Å². The quantitative estimate of drug-likeness (QED) is 0.291. The number of carbonyl (C=O) groups is 1. The smallest absolute Gasteiger partial charge is 0.334 e. The fraction of sp³-hybridized carbons (Fsp3) is 0.750. The zero-order chi connectivity index (χ0) is 11.5. The van der Waals surface area contributed by atoms with Crippen LogP contribution in [0.2, 0.25) is 0 Å². The standard InChI is InChI=1S/C12H21BrO2/c1-3-5-6-7-9-15-12(14)11(10-13)8-4-2/h8H,3-7,9-10H2,1-2H3. The van der Waals surface area contributed by atoms with Crippen LogP contribution in [0.4, 0.5) is 0 Å². The summed E-state index contributed by atoms with van der Waals surface area (Å²) in [7, 11) is 0. The van der Waals surface area contributed by atoms with Gasteiger partial charge in [-0.15, -0.1) is 0 Å². The van der Waals surface area contributed by atoms with Crippen molar-refractivity contribution in [1.82, 2.24) is 0 Å². The van der Waals surface area contributed by atoms with Crippen LogP contribution >= 0.6 is 15.9 Å². The minimum absolute atomic E-state index is 0.176. The van der Waals surface area contributed by atoms with E-state index in [1.807, 2.05) is 13.0 Å². The summed E-state index contributed by atoms with van der Waals surface area (Å²) in [5.74, 6) is -0.176. The molecule has 0 atom stereocenters. The van der Waals surface area contributed by atoms with E-state index in [2.05, 4.69) is 22.9 Å². The highest BCUT2D eigenvalue weighted by Crippen LogP contribution is 2.06. The van der Waals surface area contributed by atoms with Gasteiger partial charge >= 0.3 is 5.97 Å². The molecule has 0 saturated heterocycles. The molecule has 0 aromatic rings. The molecule has 0 N–H and O–H groups in total. The predicted molar refractivity (Wildman–Crippen MR) is 67.3 cm³/mol. The number of unbranched alkanes of at least 4 members (excludes halogenated alkanes) is 3. The van der Waals surface area contributed by atoms with Crippen molar-refractivity contribution in [3.8, 4) is 0 Å². The Bertz CT molecular complexity index is 200. The maximum atomic E-state index is 11.5. The van der Waals surface area contributed by atoms with Gasteiger partial charge in [0.25, 0.3) is 0 Å². The van der Waals surface area contributed by atoms with E-state index >= 15 is 0 Å². The third-order valence-corrected chi connectivity index (χ3v) is 2.69. The van der Waals surface area contributed by atoms with Crippen LogP contribution in [0.3, 0.4) is 0 Å². The first-order valence-corrected chi connectivity index (χ1v) is 6.80. The van der Waals surface area contributed by atoms with Crippen molar-refractivity contribution in [3.05, 3.63) is 11.6 Å². The Balaban J connectivity index is 3.67. The molecule has 0 aromatic heterocycles. The molecular formula is C12H21BrO2. The van der Waals surface area contributed by atoms with Gasteiger partial charge in [0.15, 0.2) is 0 Å². The molecule has 0 heterocycles. The van der Waals surface area contributed by atoms with Gasteiger partial charge in [-0.05, 0) is 12.8 Å². The highest BCUT2D eigenvalue weighted by Gasteiger charge is 2.08. The lowest BCUT2D eigenvalue weighted by molar-refractivity contribution is -0.139. The number of alkyl halides is 1.